The van der Waals surface area contributed by atoms with Gasteiger partial charge >= 0.3 is 5.97 Å². The summed E-state index contributed by atoms with van der Waals surface area (Å²) in [5, 5.41) is 4.90. The summed E-state index contributed by atoms with van der Waals surface area (Å²) in [5.74, 6) is 1.45. The lowest BCUT2D eigenvalue weighted by molar-refractivity contribution is -0.0594. The fourth-order valence-corrected chi connectivity index (χ4v) is 6.65. The number of rotatable bonds is 11. The molecule has 246 valence electrons. The maximum absolute atomic E-state index is 13.0. The number of fused-ring (bicyclic) bond motifs is 2. The SMILES string of the molecule is COC(=O)c1ccc2nc(C(C)N3CCC(c4cccc(OCc5ccc6cnn(CC(F)F)c6c5)n4)CC3)n(C[C@@H]3CCO3)c2c1. The first kappa shape index (κ1) is 31.2. The first-order valence-corrected chi connectivity index (χ1v) is 16.1. The quantitative estimate of drug-likeness (QED) is 0.158. The average Bonchev–Trinajstić information content (AvgIpc) is 3.64. The van der Waals surface area contributed by atoms with E-state index in [9.17, 15) is 13.6 Å². The van der Waals surface area contributed by atoms with Crippen LogP contribution in [0.4, 0.5) is 8.78 Å². The summed E-state index contributed by atoms with van der Waals surface area (Å²) < 4.78 is 46.3. The number of carbonyl (C=O) groups excluding carboxylic acids is 1. The first-order chi connectivity index (χ1) is 22.9. The van der Waals surface area contributed by atoms with Gasteiger partial charge in [-0.2, -0.15) is 5.10 Å². The van der Waals surface area contributed by atoms with E-state index >= 15 is 0 Å². The lowest BCUT2D eigenvalue weighted by Gasteiger charge is -2.36. The average molecular weight is 645 g/mol. The van der Waals surface area contributed by atoms with Crippen LogP contribution in [0.5, 0.6) is 5.88 Å². The smallest absolute Gasteiger partial charge is 0.337 e. The van der Waals surface area contributed by atoms with Crippen LogP contribution in [-0.4, -0.2) is 74.5 Å². The Morgan fingerprint density at radius 1 is 1.04 bits per heavy atom. The zero-order valence-electron chi connectivity index (χ0n) is 26.5. The molecule has 0 aliphatic carbocycles. The predicted octanol–water partition coefficient (Wildman–Crippen LogP) is 6.14. The van der Waals surface area contributed by atoms with Crippen LogP contribution in [0.25, 0.3) is 21.9 Å². The topological polar surface area (TPSA) is 96.5 Å². The Bertz CT molecular complexity index is 1880. The summed E-state index contributed by atoms with van der Waals surface area (Å²) in [7, 11) is 1.39. The van der Waals surface area contributed by atoms with E-state index < -0.39 is 13.0 Å². The molecule has 2 atom stereocenters. The second-order valence-electron chi connectivity index (χ2n) is 12.3. The molecule has 0 N–H and O–H groups in total. The molecule has 47 heavy (non-hydrogen) atoms. The molecule has 5 heterocycles. The summed E-state index contributed by atoms with van der Waals surface area (Å²) in [6, 6.07) is 17.1. The molecule has 10 nitrogen and oxygen atoms in total. The second-order valence-corrected chi connectivity index (χ2v) is 12.3. The van der Waals surface area contributed by atoms with Gasteiger partial charge in [0.2, 0.25) is 5.88 Å². The van der Waals surface area contributed by atoms with Crippen LogP contribution in [0.1, 0.15) is 65.6 Å². The highest BCUT2D eigenvalue weighted by Gasteiger charge is 2.30. The van der Waals surface area contributed by atoms with Gasteiger partial charge in [0, 0.05) is 29.7 Å². The van der Waals surface area contributed by atoms with Crippen molar-refractivity contribution in [3.8, 4) is 5.88 Å². The highest BCUT2D eigenvalue weighted by molar-refractivity contribution is 5.93. The maximum atomic E-state index is 13.0. The summed E-state index contributed by atoms with van der Waals surface area (Å²) >= 11 is 0. The highest BCUT2D eigenvalue weighted by atomic mass is 19.3. The van der Waals surface area contributed by atoms with Crippen molar-refractivity contribution in [1.29, 1.82) is 0 Å². The van der Waals surface area contributed by atoms with Gasteiger partial charge < -0.3 is 18.8 Å². The van der Waals surface area contributed by atoms with Crippen LogP contribution < -0.4 is 4.74 Å². The van der Waals surface area contributed by atoms with Crippen molar-refractivity contribution in [1.82, 2.24) is 29.2 Å². The van der Waals surface area contributed by atoms with Gasteiger partial charge in [-0.25, -0.2) is 23.5 Å². The number of methoxy groups -OCH3 is 1. The lowest BCUT2D eigenvalue weighted by Crippen LogP contribution is -2.37. The molecule has 7 rings (SSSR count). The van der Waals surface area contributed by atoms with Crippen LogP contribution in [-0.2, 0) is 29.2 Å². The lowest BCUT2D eigenvalue weighted by atomic mass is 9.92. The van der Waals surface area contributed by atoms with Crippen molar-refractivity contribution in [3.63, 3.8) is 0 Å². The minimum atomic E-state index is -2.47. The van der Waals surface area contributed by atoms with E-state index in [0.717, 1.165) is 72.5 Å². The number of imidazole rings is 1. The minimum absolute atomic E-state index is 0.0713. The van der Waals surface area contributed by atoms with Crippen molar-refractivity contribution < 1.29 is 27.8 Å². The molecular formula is C35H38F2N6O4. The molecule has 0 bridgehead atoms. The number of halogens is 2. The zero-order valence-corrected chi connectivity index (χ0v) is 26.5. The number of carbonyl (C=O) groups is 1. The number of nitrogens with zero attached hydrogens (tertiary/aromatic N) is 6. The van der Waals surface area contributed by atoms with Crippen molar-refractivity contribution in [2.75, 3.05) is 26.8 Å². The van der Waals surface area contributed by atoms with E-state index in [1.165, 1.54) is 11.8 Å². The van der Waals surface area contributed by atoms with Crippen LogP contribution in [0.2, 0.25) is 0 Å². The van der Waals surface area contributed by atoms with Crippen LogP contribution in [0, 0.1) is 0 Å². The molecule has 0 spiro atoms. The molecule has 3 aromatic heterocycles. The fraction of sp³-hybridized carbons (Fsp3) is 0.429. The van der Waals surface area contributed by atoms with Gasteiger partial charge in [-0.1, -0.05) is 18.2 Å². The Kier molecular flexibility index (Phi) is 8.87. The molecule has 12 heteroatoms. The Balaban J connectivity index is 1.01. The van der Waals surface area contributed by atoms with Crippen LogP contribution >= 0.6 is 0 Å². The molecule has 0 amide bonds. The van der Waals surface area contributed by atoms with Gasteiger partial charge in [0.15, 0.2) is 0 Å². The number of piperidine rings is 1. The summed E-state index contributed by atoms with van der Waals surface area (Å²) in [5.41, 5.74) is 4.80. The number of hydrogen-bond donors (Lipinski definition) is 0. The van der Waals surface area contributed by atoms with E-state index in [1.54, 1.807) is 12.3 Å². The van der Waals surface area contributed by atoms with Gasteiger partial charge in [-0.3, -0.25) is 9.58 Å². The third-order valence-electron chi connectivity index (χ3n) is 9.40. The molecule has 2 fully saturated rings. The minimum Gasteiger partial charge on any atom is -0.473 e. The van der Waals surface area contributed by atoms with Crippen molar-refractivity contribution in [2.45, 2.75) is 70.4 Å². The second kappa shape index (κ2) is 13.4. The third kappa shape index (κ3) is 6.57. The van der Waals surface area contributed by atoms with Gasteiger partial charge in [0.1, 0.15) is 19.0 Å². The number of aromatic nitrogens is 5. The van der Waals surface area contributed by atoms with Crippen molar-refractivity contribution in [3.05, 3.63) is 83.4 Å². The van der Waals surface area contributed by atoms with Crippen molar-refractivity contribution >= 4 is 27.9 Å². The molecule has 2 aliphatic heterocycles. The van der Waals surface area contributed by atoms with E-state index in [0.29, 0.717) is 29.4 Å². The molecule has 0 saturated carbocycles. The molecule has 2 aromatic carbocycles. The molecule has 0 radical (unpaired) electrons. The fourth-order valence-electron chi connectivity index (χ4n) is 6.65. The number of esters is 1. The number of likely N-dealkylation sites (tertiary alicyclic amines) is 1. The molecule has 5 aromatic rings. The van der Waals surface area contributed by atoms with Gasteiger partial charge in [0.05, 0.1) is 54.1 Å². The third-order valence-corrected chi connectivity index (χ3v) is 9.40. The Morgan fingerprint density at radius 3 is 2.62 bits per heavy atom. The largest absolute Gasteiger partial charge is 0.473 e. The zero-order chi connectivity index (χ0) is 32.5. The number of benzene rings is 2. The highest BCUT2D eigenvalue weighted by Crippen LogP contribution is 2.34. The predicted molar refractivity (Wildman–Crippen MR) is 172 cm³/mol. The standard InChI is InChI=1S/C35H38F2N6O4/c1-22(34-40-29-9-8-25(35(44)45-2)17-31(29)42(34)19-27-12-15-46-27)41-13-10-24(11-14-41)28-4-3-5-33(39-28)47-21-23-6-7-26-18-38-43(20-32(36)37)30(26)16-23/h3-9,16-18,22,24,27,32H,10-15,19-21H2,1-2H3/t22?,27-/m0/s1. The summed E-state index contributed by atoms with van der Waals surface area (Å²) in [6.07, 6.45) is 2.17. The molecular weight excluding hydrogens is 606 g/mol. The monoisotopic (exact) mass is 644 g/mol. The Hall–Kier alpha value is -4.42. The maximum Gasteiger partial charge on any atom is 0.337 e. The van der Waals surface area contributed by atoms with Crippen molar-refractivity contribution in [2.24, 2.45) is 0 Å². The van der Waals surface area contributed by atoms with E-state index in [1.807, 2.05) is 42.5 Å². The van der Waals surface area contributed by atoms with E-state index in [2.05, 4.69) is 27.6 Å². The Labute approximate surface area is 271 Å². The van der Waals surface area contributed by atoms with Crippen LogP contribution in [0.3, 0.4) is 0 Å². The van der Waals surface area contributed by atoms with E-state index in [4.69, 9.17) is 24.2 Å². The van der Waals surface area contributed by atoms with Gasteiger partial charge in [-0.05, 0) is 75.2 Å². The Morgan fingerprint density at radius 2 is 1.87 bits per heavy atom. The van der Waals surface area contributed by atoms with Gasteiger partial charge in [0.25, 0.3) is 6.43 Å². The number of hydrogen-bond acceptors (Lipinski definition) is 8. The summed E-state index contributed by atoms with van der Waals surface area (Å²) in [6.45, 7) is 5.28. The molecule has 1 unspecified atom stereocenters. The van der Waals surface area contributed by atoms with Crippen LogP contribution in [0.15, 0.2) is 60.8 Å². The summed E-state index contributed by atoms with van der Waals surface area (Å²) in [4.78, 5) is 24.6. The number of alkyl halides is 2. The number of ether oxygens (including phenoxy) is 3. The number of pyridine rings is 1. The van der Waals surface area contributed by atoms with E-state index in [-0.39, 0.29) is 24.7 Å². The normalized spacial score (nSPS) is 18.1. The molecule has 2 aliphatic rings. The van der Waals surface area contributed by atoms with Gasteiger partial charge in [-0.15, -0.1) is 0 Å². The molecule has 2 saturated heterocycles. The first-order valence-electron chi connectivity index (χ1n) is 16.1.